The topological polar surface area (TPSA) is 53.2 Å². The van der Waals surface area contributed by atoms with Crippen LogP contribution in [0, 0.1) is 13.8 Å². The lowest BCUT2D eigenvalue weighted by atomic mass is 10.1. The molecule has 0 aliphatic rings. The average Bonchev–Trinajstić information content (AvgIpc) is 3.19. The van der Waals surface area contributed by atoms with Crippen molar-refractivity contribution in [2.75, 3.05) is 7.11 Å². The highest BCUT2D eigenvalue weighted by atomic mass is 32.1. The summed E-state index contributed by atoms with van der Waals surface area (Å²) in [6.45, 7) is 4.47. The van der Waals surface area contributed by atoms with Crippen LogP contribution in [0.3, 0.4) is 0 Å². The lowest BCUT2D eigenvalue weighted by Gasteiger charge is -2.15. The molecule has 0 unspecified atom stereocenters. The molecule has 0 spiro atoms. The first-order valence-corrected chi connectivity index (χ1v) is 11.2. The van der Waals surface area contributed by atoms with Gasteiger partial charge in [-0.1, -0.05) is 48.0 Å². The van der Waals surface area contributed by atoms with Crippen LogP contribution in [0.4, 0.5) is 0 Å². The zero-order valence-electron chi connectivity index (χ0n) is 18.1. The summed E-state index contributed by atoms with van der Waals surface area (Å²) < 4.78 is 9.86. The number of aromatic nitrogens is 2. The molecule has 5 nitrogen and oxygen atoms in total. The molecule has 2 aromatic heterocycles. The van der Waals surface area contributed by atoms with E-state index in [-0.39, 0.29) is 11.2 Å². The second kappa shape index (κ2) is 7.80. The molecule has 0 N–H and O–H groups in total. The quantitative estimate of drug-likeness (QED) is 0.392. The number of ether oxygens (including phenoxy) is 1. The van der Waals surface area contributed by atoms with Crippen molar-refractivity contribution in [2.24, 2.45) is 0 Å². The van der Waals surface area contributed by atoms with Crippen LogP contribution in [-0.2, 0) is 6.54 Å². The van der Waals surface area contributed by atoms with Crippen molar-refractivity contribution in [3.05, 3.63) is 104 Å². The van der Waals surface area contributed by atoms with Gasteiger partial charge in [0, 0.05) is 16.2 Å². The first kappa shape index (κ1) is 20.3. The summed E-state index contributed by atoms with van der Waals surface area (Å²) in [5.74, 6) is 0.589. The lowest BCUT2D eigenvalue weighted by Crippen LogP contribution is -2.38. The van der Waals surface area contributed by atoms with E-state index in [0.717, 1.165) is 26.8 Å². The fourth-order valence-electron chi connectivity index (χ4n) is 4.11. The Morgan fingerprint density at radius 2 is 1.75 bits per heavy atom. The lowest BCUT2D eigenvalue weighted by molar-refractivity contribution is 0.414. The third-order valence-electron chi connectivity index (χ3n) is 5.80. The number of hydrogen-bond acceptors (Lipinski definition) is 4. The van der Waals surface area contributed by atoms with Gasteiger partial charge in [0.1, 0.15) is 10.4 Å². The maximum atomic E-state index is 13.8. The molecule has 0 atom stereocenters. The maximum absolute atomic E-state index is 13.8. The molecule has 6 heteroatoms. The van der Waals surface area contributed by atoms with Gasteiger partial charge in [0.25, 0.3) is 5.56 Å². The SMILES string of the molecule is COc1cccc(-n2c(=O)c3sc4ccccc4c3n(Cc3cc(C)ccc3C)c2=O)c1. The first-order chi connectivity index (χ1) is 15.5. The van der Waals surface area contributed by atoms with Crippen molar-refractivity contribution in [2.45, 2.75) is 20.4 Å². The van der Waals surface area contributed by atoms with Crippen molar-refractivity contribution < 1.29 is 4.74 Å². The van der Waals surface area contributed by atoms with E-state index >= 15 is 0 Å². The van der Waals surface area contributed by atoms with Crippen molar-refractivity contribution in [3.63, 3.8) is 0 Å². The summed E-state index contributed by atoms with van der Waals surface area (Å²) >= 11 is 1.42. The van der Waals surface area contributed by atoms with Crippen molar-refractivity contribution >= 4 is 31.6 Å². The van der Waals surface area contributed by atoms with Crippen molar-refractivity contribution in [1.82, 2.24) is 9.13 Å². The Morgan fingerprint density at radius 1 is 0.938 bits per heavy atom. The molecule has 0 aliphatic carbocycles. The van der Waals surface area contributed by atoms with E-state index in [1.807, 2.05) is 38.1 Å². The highest BCUT2D eigenvalue weighted by molar-refractivity contribution is 7.25. The van der Waals surface area contributed by atoms with Gasteiger partial charge in [-0.15, -0.1) is 11.3 Å². The Labute approximate surface area is 188 Å². The van der Waals surface area contributed by atoms with E-state index in [0.29, 0.717) is 28.2 Å². The molecular weight excluding hydrogens is 420 g/mol. The normalized spacial score (nSPS) is 11.3. The second-order valence-corrected chi connectivity index (χ2v) is 8.97. The van der Waals surface area contributed by atoms with Crippen LogP contribution < -0.4 is 16.0 Å². The van der Waals surface area contributed by atoms with Gasteiger partial charge < -0.3 is 4.74 Å². The van der Waals surface area contributed by atoms with E-state index in [1.165, 1.54) is 15.9 Å². The van der Waals surface area contributed by atoms with Crippen LogP contribution in [-0.4, -0.2) is 16.2 Å². The molecule has 0 bridgehead atoms. The van der Waals surface area contributed by atoms with E-state index in [4.69, 9.17) is 4.74 Å². The predicted octanol–water partition coefficient (Wildman–Crippen LogP) is 5.04. The molecule has 0 saturated heterocycles. The molecule has 5 rings (SSSR count). The van der Waals surface area contributed by atoms with Gasteiger partial charge in [-0.05, 0) is 43.2 Å². The molecule has 2 heterocycles. The summed E-state index contributed by atoms with van der Waals surface area (Å²) in [7, 11) is 1.57. The largest absolute Gasteiger partial charge is 0.497 e. The van der Waals surface area contributed by atoms with Crippen LogP contribution in [0.2, 0.25) is 0 Å². The number of aryl methyl sites for hydroxylation is 2. The number of methoxy groups -OCH3 is 1. The van der Waals surface area contributed by atoms with Crippen LogP contribution in [0.15, 0.2) is 76.3 Å². The number of fused-ring (bicyclic) bond motifs is 3. The van der Waals surface area contributed by atoms with Crippen molar-refractivity contribution in [1.29, 1.82) is 0 Å². The Hall–Kier alpha value is -3.64. The van der Waals surface area contributed by atoms with Gasteiger partial charge in [-0.3, -0.25) is 9.36 Å². The highest BCUT2D eigenvalue weighted by Gasteiger charge is 2.20. The number of hydrogen-bond donors (Lipinski definition) is 0. The molecule has 0 fully saturated rings. The average molecular weight is 443 g/mol. The third-order valence-corrected chi connectivity index (χ3v) is 6.95. The smallest absolute Gasteiger partial charge is 0.336 e. The number of thiophene rings is 1. The van der Waals surface area contributed by atoms with Gasteiger partial charge in [0.15, 0.2) is 0 Å². The first-order valence-electron chi connectivity index (χ1n) is 10.4. The molecular formula is C26H22N2O3S. The minimum Gasteiger partial charge on any atom is -0.497 e. The Balaban J connectivity index is 1.89. The molecule has 0 saturated carbocycles. The zero-order chi connectivity index (χ0) is 22.4. The van der Waals surface area contributed by atoms with Gasteiger partial charge in [0.05, 0.1) is 24.9 Å². The Bertz CT molecular complexity index is 1610. The fourth-order valence-corrected chi connectivity index (χ4v) is 5.25. The minimum absolute atomic E-state index is 0.309. The van der Waals surface area contributed by atoms with E-state index in [1.54, 1.807) is 35.9 Å². The zero-order valence-corrected chi connectivity index (χ0v) is 18.9. The van der Waals surface area contributed by atoms with Crippen LogP contribution in [0.5, 0.6) is 5.75 Å². The van der Waals surface area contributed by atoms with Gasteiger partial charge >= 0.3 is 5.69 Å². The molecule has 0 radical (unpaired) electrons. The van der Waals surface area contributed by atoms with Crippen LogP contribution >= 0.6 is 11.3 Å². The number of nitrogens with zero attached hydrogens (tertiary/aromatic N) is 2. The Morgan fingerprint density at radius 3 is 2.56 bits per heavy atom. The van der Waals surface area contributed by atoms with E-state index in [9.17, 15) is 9.59 Å². The van der Waals surface area contributed by atoms with Gasteiger partial charge in [0.2, 0.25) is 0 Å². The summed E-state index contributed by atoms with van der Waals surface area (Å²) in [5.41, 5.74) is 3.81. The molecule has 5 aromatic rings. The van der Waals surface area contributed by atoms with Crippen LogP contribution in [0.1, 0.15) is 16.7 Å². The summed E-state index contributed by atoms with van der Waals surface area (Å²) in [4.78, 5) is 27.4. The number of benzene rings is 3. The van der Waals surface area contributed by atoms with Crippen LogP contribution in [0.25, 0.3) is 26.0 Å². The van der Waals surface area contributed by atoms with E-state index in [2.05, 4.69) is 18.2 Å². The standard InChI is InChI=1S/C26H22N2O3S/c1-16-11-12-17(2)18(13-16)15-27-23-21-9-4-5-10-22(21)32-24(23)25(29)28(26(27)30)19-7-6-8-20(14-19)31-3/h4-14H,15H2,1-3H3. The van der Waals surface area contributed by atoms with Gasteiger partial charge in [-0.2, -0.15) is 0 Å². The molecule has 0 aliphatic heterocycles. The third kappa shape index (κ3) is 3.24. The summed E-state index contributed by atoms with van der Waals surface area (Å²) in [6, 6.07) is 21.1. The summed E-state index contributed by atoms with van der Waals surface area (Å²) in [6.07, 6.45) is 0. The molecule has 160 valence electrons. The molecule has 0 amide bonds. The molecule has 32 heavy (non-hydrogen) atoms. The van der Waals surface area contributed by atoms with Gasteiger partial charge in [-0.25, -0.2) is 9.36 Å². The van der Waals surface area contributed by atoms with Crippen molar-refractivity contribution in [3.8, 4) is 11.4 Å². The fraction of sp³-hybridized carbons (Fsp3) is 0.154. The Kier molecular flexibility index (Phi) is 4.94. The second-order valence-electron chi connectivity index (χ2n) is 7.92. The highest BCUT2D eigenvalue weighted by Crippen LogP contribution is 2.31. The molecule has 3 aromatic carbocycles. The number of rotatable bonds is 4. The van der Waals surface area contributed by atoms with E-state index < -0.39 is 0 Å². The minimum atomic E-state index is -0.361. The summed E-state index contributed by atoms with van der Waals surface area (Å²) in [5, 5.41) is 0.921. The maximum Gasteiger partial charge on any atom is 0.336 e. The monoisotopic (exact) mass is 442 g/mol. The predicted molar refractivity (Wildman–Crippen MR) is 131 cm³/mol.